The normalized spacial score (nSPS) is 12.1. The molecule has 0 spiro atoms. The molecule has 0 bridgehead atoms. The van der Waals surface area contributed by atoms with E-state index in [0.717, 1.165) is 36.8 Å². The number of aromatic nitrogens is 3. The van der Waals surface area contributed by atoms with Gasteiger partial charge in [-0.1, -0.05) is 81.1 Å². The highest BCUT2D eigenvalue weighted by Crippen LogP contribution is 2.22. The number of nitrogens with zero attached hydrogens (tertiary/aromatic N) is 4. The Bertz CT molecular complexity index is 971. The van der Waals surface area contributed by atoms with E-state index in [9.17, 15) is 4.79 Å². The predicted molar refractivity (Wildman–Crippen MR) is 131 cm³/mol. The maximum absolute atomic E-state index is 12.7. The molecular weight excluding hydrogens is 418 g/mol. The summed E-state index contributed by atoms with van der Waals surface area (Å²) in [5.74, 6) is 0.321. The molecule has 0 aliphatic heterocycles. The summed E-state index contributed by atoms with van der Waals surface area (Å²) >= 11 is 1.42. The summed E-state index contributed by atoms with van der Waals surface area (Å²) < 4.78 is 1.96. The largest absolute Gasteiger partial charge is 0.354 e. The fourth-order valence-electron chi connectivity index (χ4n) is 3.90. The summed E-state index contributed by atoms with van der Waals surface area (Å²) in [6, 6.07) is 18.9. The van der Waals surface area contributed by atoms with Gasteiger partial charge in [-0.2, -0.15) is 0 Å². The van der Waals surface area contributed by atoms with Crippen LogP contribution in [0.5, 0.6) is 0 Å². The van der Waals surface area contributed by atoms with Gasteiger partial charge in [0.15, 0.2) is 5.16 Å². The number of thioether (sulfide) groups is 1. The molecule has 0 radical (unpaired) electrons. The molecule has 32 heavy (non-hydrogen) atoms. The third kappa shape index (κ3) is 6.43. The highest BCUT2D eigenvalue weighted by atomic mass is 32.2. The summed E-state index contributed by atoms with van der Waals surface area (Å²) in [5.41, 5.74) is 3.57. The lowest BCUT2D eigenvalue weighted by Gasteiger charge is -2.30. The first-order valence-electron chi connectivity index (χ1n) is 11.3. The molecule has 0 fully saturated rings. The lowest BCUT2D eigenvalue weighted by atomic mass is 10.0. The second-order valence-corrected chi connectivity index (χ2v) is 8.57. The van der Waals surface area contributed by atoms with E-state index in [-0.39, 0.29) is 11.9 Å². The van der Waals surface area contributed by atoms with Crippen LogP contribution in [-0.4, -0.2) is 57.0 Å². The van der Waals surface area contributed by atoms with Crippen LogP contribution in [-0.2, 0) is 17.6 Å². The Morgan fingerprint density at radius 2 is 1.78 bits per heavy atom. The summed E-state index contributed by atoms with van der Waals surface area (Å²) in [4.78, 5) is 15.1. The predicted octanol–water partition coefficient (Wildman–Crippen LogP) is 3.99. The van der Waals surface area contributed by atoms with E-state index in [1.54, 1.807) is 6.33 Å². The van der Waals surface area contributed by atoms with Gasteiger partial charge < -0.3 is 5.32 Å². The van der Waals surface area contributed by atoms with Crippen molar-refractivity contribution in [1.29, 1.82) is 0 Å². The zero-order valence-corrected chi connectivity index (χ0v) is 20.0. The SMILES string of the molecule is CCc1ccccc1-n1cnnc1SCC(=O)NCC(Cc1ccccc1)N(CC)CC. The molecule has 1 unspecified atom stereocenters. The van der Waals surface area contributed by atoms with Crippen molar-refractivity contribution < 1.29 is 4.79 Å². The molecule has 1 aromatic heterocycles. The van der Waals surface area contributed by atoms with E-state index in [2.05, 4.69) is 77.6 Å². The third-order valence-electron chi connectivity index (χ3n) is 5.66. The molecular formula is C25H33N5OS. The molecule has 0 saturated carbocycles. The number of amides is 1. The Morgan fingerprint density at radius 3 is 2.50 bits per heavy atom. The zero-order valence-electron chi connectivity index (χ0n) is 19.2. The quantitative estimate of drug-likeness (QED) is 0.422. The van der Waals surface area contributed by atoms with Crippen LogP contribution in [0.1, 0.15) is 31.9 Å². The van der Waals surface area contributed by atoms with Crippen LogP contribution in [0.3, 0.4) is 0 Å². The Balaban J connectivity index is 1.59. The van der Waals surface area contributed by atoms with Crippen LogP contribution in [0.15, 0.2) is 66.1 Å². The van der Waals surface area contributed by atoms with Crippen molar-refractivity contribution in [2.45, 2.75) is 44.8 Å². The average molecular weight is 452 g/mol. The second kappa shape index (κ2) is 12.4. The number of rotatable bonds is 12. The summed E-state index contributed by atoms with van der Waals surface area (Å²) in [7, 11) is 0. The molecule has 3 aromatic rings. The van der Waals surface area contributed by atoms with Crippen molar-refractivity contribution in [3.8, 4) is 5.69 Å². The molecule has 0 aliphatic carbocycles. The van der Waals surface area contributed by atoms with E-state index >= 15 is 0 Å². The Labute approximate surface area is 195 Å². The fourth-order valence-corrected chi connectivity index (χ4v) is 4.65. The molecule has 170 valence electrons. The molecule has 3 rings (SSSR count). The molecule has 1 amide bonds. The minimum atomic E-state index is 0.0125. The number of carbonyl (C=O) groups excluding carboxylic acids is 1. The molecule has 1 atom stereocenters. The van der Waals surface area contributed by atoms with Gasteiger partial charge >= 0.3 is 0 Å². The van der Waals surface area contributed by atoms with Gasteiger partial charge in [-0.25, -0.2) is 0 Å². The van der Waals surface area contributed by atoms with E-state index in [1.807, 2.05) is 22.8 Å². The molecule has 0 saturated heterocycles. The van der Waals surface area contributed by atoms with Gasteiger partial charge in [0, 0.05) is 12.6 Å². The molecule has 2 aromatic carbocycles. The van der Waals surface area contributed by atoms with Gasteiger partial charge in [0.1, 0.15) is 6.33 Å². The number of aryl methyl sites for hydroxylation is 1. The van der Waals surface area contributed by atoms with Crippen molar-refractivity contribution in [1.82, 2.24) is 25.0 Å². The lowest BCUT2D eigenvalue weighted by molar-refractivity contribution is -0.118. The highest BCUT2D eigenvalue weighted by molar-refractivity contribution is 7.99. The maximum Gasteiger partial charge on any atom is 0.230 e. The minimum absolute atomic E-state index is 0.0125. The van der Waals surface area contributed by atoms with Crippen LogP contribution in [0.25, 0.3) is 5.69 Å². The number of hydrogen-bond acceptors (Lipinski definition) is 5. The van der Waals surface area contributed by atoms with Crippen LogP contribution >= 0.6 is 11.8 Å². The number of para-hydroxylation sites is 1. The van der Waals surface area contributed by atoms with Crippen molar-refractivity contribution in [2.24, 2.45) is 0 Å². The number of hydrogen-bond donors (Lipinski definition) is 1. The van der Waals surface area contributed by atoms with Gasteiger partial charge in [-0.15, -0.1) is 10.2 Å². The van der Waals surface area contributed by atoms with E-state index < -0.39 is 0 Å². The number of carbonyl (C=O) groups is 1. The third-order valence-corrected chi connectivity index (χ3v) is 6.60. The van der Waals surface area contributed by atoms with Gasteiger partial charge in [-0.3, -0.25) is 14.3 Å². The van der Waals surface area contributed by atoms with E-state index in [0.29, 0.717) is 12.3 Å². The van der Waals surface area contributed by atoms with Crippen LogP contribution in [0.4, 0.5) is 0 Å². The molecule has 7 heteroatoms. The number of nitrogens with one attached hydrogen (secondary N) is 1. The van der Waals surface area contributed by atoms with Crippen LogP contribution in [0.2, 0.25) is 0 Å². The number of likely N-dealkylation sites (N-methyl/N-ethyl adjacent to an activating group) is 1. The number of benzene rings is 2. The molecule has 1 heterocycles. The maximum atomic E-state index is 12.7. The van der Waals surface area contributed by atoms with Crippen molar-refractivity contribution in [3.05, 3.63) is 72.1 Å². The average Bonchev–Trinajstić information content (AvgIpc) is 3.31. The van der Waals surface area contributed by atoms with Gasteiger partial charge in [0.25, 0.3) is 0 Å². The minimum Gasteiger partial charge on any atom is -0.354 e. The molecule has 0 aliphatic rings. The van der Waals surface area contributed by atoms with Crippen molar-refractivity contribution in [3.63, 3.8) is 0 Å². The van der Waals surface area contributed by atoms with Crippen molar-refractivity contribution >= 4 is 17.7 Å². The van der Waals surface area contributed by atoms with E-state index in [4.69, 9.17) is 0 Å². The first-order valence-corrected chi connectivity index (χ1v) is 12.3. The standard InChI is InChI=1S/C25H33N5OS/c1-4-21-14-10-11-15-23(21)30-19-27-28-25(30)32-18-24(31)26-17-22(29(5-2)6-3)16-20-12-8-7-9-13-20/h7-15,19,22H,4-6,16-18H2,1-3H3,(H,26,31). The van der Waals surface area contributed by atoms with Gasteiger partial charge in [-0.05, 0) is 43.1 Å². The monoisotopic (exact) mass is 451 g/mol. The Kier molecular flexibility index (Phi) is 9.31. The smallest absolute Gasteiger partial charge is 0.230 e. The van der Waals surface area contributed by atoms with E-state index in [1.165, 1.54) is 22.9 Å². The first kappa shape index (κ1) is 24.0. The van der Waals surface area contributed by atoms with Gasteiger partial charge in [0.2, 0.25) is 5.91 Å². The zero-order chi connectivity index (χ0) is 22.8. The topological polar surface area (TPSA) is 63.1 Å². The first-order chi connectivity index (χ1) is 15.7. The van der Waals surface area contributed by atoms with Gasteiger partial charge in [0.05, 0.1) is 11.4 Å². The highest BCUT2D eigenvalue weighted by Gasteiger charge is 2.18. The van der Waals surface area contributed by atoms with Crippen LogP contribution in [0, 0.1) is 0 Å². The molecule has 1 N–H and O–H groups in total. The fraction of sp³-hybridized carbons (Fsp3) is 0.400. The summed E-state index contributed by atoms with van der Waals surface area (Å²) in [6.45, 7) is 9.00. The summed E-state index contributed by atoms with van der Waals surface area (Å²) in [5, 5.41) is 12.2. The summed E-state index contributed by atoms with van der Waals surface area (Å²) in [6.07, 6.45) is 3.55. The second-order valence-electron chi connectivity index (χ2n) is 7.62. The Morgan fingerprint density at radius 1 is 1.06 bits per heavy atom. The molecule has 6 nitrogen and oxygen atoms in total. The Hall–Kier alpha value is -2.64. The lowest BCUT2D eigenvalue weighted by Crippen LogP contribution is -2.45. The van der Waals surface area contributed by atoms with Crippen LogP contribution < -0.4 is 5.32 Å². The van der Waals surface area contributed by atoms with Crippen molar-refractivity contribution in [2.75, 3.05) is 25.4 Å².